The second kappa shape index (κ2) is 4.75. The minimum Gasteiger partial charge on any atom is -0.480 e. The summed E-state index contributed by atoms with van der Waals surface area (Å²) in [4.78, 5) is 13.0. The van der Waals surface area contributed by atoms with Gasteiger partial charge in [-0.1, -0.05) is 25.1 Å². The van der Waals surface area contributed by atoms with Gasteiger partial charge in [0, 0.05) is 18.7 Å². The molecule has 92 valence electrons. The van der Waals surface area contributed by atoms with Crippen molar-refractivity contribution >= 4 is 11.7 Å². The van der Waals surface area contributed by atoms with E-state index < -0.39 is 18.1 Å². The number of carboxylic acids is 1. The summed E-state index contributed by atoms with van der Waals surface area (Å²) in [5.41, 5.74) is 1.98. The van der Waals surface area contributed by atoms with Crippen LogP contribution in [0.5, 0.6) is 0 Å². The van der Waals surface area contributed by atoms with Gasteiger partial charge in [-0.05, 0) is 18.1 Å². The van der Waals surface area contributed by atoms with Crippen molar-refractivity contribution in [2.24, 2.45) is 0 Å². The fourth-order valence-electron chi connectivity index (χ4n) is 2.25. The molecule has 0 radical (unpaired) electrons. The average Bonchev–Trinajstić information content (AvgIpc) is 2.68. The van der Waals surface area contributed by atoms with Gasteiger partial charge in [0.25, 0.3) is 0 Å². The number of hydrogen-bond acceptors (Lipinski definition) is 3. The number of aliphatic hydroxyl groups is 1. The number of carboxylic acid groups (broad SMARTS) is 1. The predicted octanol–water partition coefficient (Wildman–Crippen LogP) is 1.27. The van der Waals surface area contributed by atoms with E-state index in [4.69, 9.17) is 0 Å². The summed E-state index contributed by atoms with van der Waals surface area (Å²) >= 11 is 0. The van der Waals surface area contributed by atoms with E-state index in [1.54, 1.807) is 4.90 Å². The molecule has 1 aromatic rings. The molecule has 0 bridgehead atoms. The van der Waals surface area contributed by atoms with E-state index in [0.717, 1.165) is 11.3 Å². The Bertz CT molecular complexity index is 419. The highest BCUT2D eigenvalue weighted by atomic mass is 16.4. The summed E-state index contributed by atoms with van der Waals surface area (Å²) < 4.78 is 0. The van der Waals surface area contributed by atoms with E-state index in [2.05, 4.69) is 0 Å². The third-order valence-electron chi connectivity index (χ3n) is 3.25. The fraction of sp³-hybridized carbons (Fsp3) is 0.462. The lowest BCUT2D eigenvalue weighted by Crippen LogP contribution is -2.42. The standard InChI is InChI=1S/C13H17NO3/c1-2-10(15)8-14-11-6-4-3-5-9(11)7-12(14)13(16)17/h3-6,10,12,15H,2,7-8H2,1H3,(H,16,17). The van der Waals surface area contributed by atoms with Crippen LogP contribution < -0.4 is 4.90 Å². The van der Waals surface area contributed by atoms with Gasteiger partial charge >= 0.3 is 5.97 Å². The van der Waals surface area contributed by atoms with Gasteiger partial charge in [-0.2, -0.15) is 0 Å². The molecule has 1 aliphatic rings. The highest BCUT2D eigenvalue weighted by Gasteiger charge is 2.34. The summed E-state index contributed by atoms with van der Waals surface area (Å²) in [6.45, 7) is 2.27. The molecule has 4 nitrogen and oxygen atoms in total. The van der Waals surface area contributed by atoms with Crippen LogP contribution in [-0.2, 0) is 11.2 Å². The second-order valence-electron chi connectivity index (χ2n) is 4.40. The number of para-hydroxylation sites is 1. The summed E-state index contributed by atoms with van der Waals surface area (Å²) in [6.07, 6.45) is 0.662. The van der Waals surface area contributed by atoms with Gasteiger partial charge in [0.2, 0.25) is 0 Å². The Kier molecular flexibility index (Phi) is 3.33. The Morgan fingerprint density at radius 3 is 2.88 bits per heavy atom. The van der Waals surface area contributed by atoms with Crippen molar-refractivity contribution in [3.8, 4) is 0 Å². The van der Waals surface area contributed by atoms with E-state index in [1.165, 1.54) is 0 Å². The summed E-state index contributed by atoms with van der Waals surface area (Å²) in [7, 11) is 0. The average molecular weight is 235 g/mol. The molecule has 17 heavy (non-hydrogen) atoms. The van der Waals surface area contributed by atoms with Crippen LogP contribution in [0, 0.1) is 0 Å². The first kappa shape index (κ1) is 11.9. The van der Waals surface area contributed by atoms with Gasteiger partial charge in [-0.3, -0.25) is 0 Å². The molecule has 1 heterocycles. The zero-order chi connectivity index (χ0) is 12.4. The van der Waals surface area contributed by atoms with Crippen molar-refractivity contribution in [1.29, 1.82) is 0 Å². The largest absolute Gasteiger partial charge is 0.480 e. The SMILES string of the molecule is CCC(O)CN1c2ccccc2CC1C(=O)O. The van der Waals surface area contributed by atoms with Crippen molar-refractivity contribution in [3.63, 3.8) is 0 Å². The molecule has 0 saturated heterocycles. The Balaban J connectivity index is 2.27. The summed E-state index contributed by atoms with van der Waals surface area (Å²) in [5.74, 6) is -0.829. The molecule has 1 aliphatic heterocycles. The zero-order valence-electron chi connectivity index (χ0n) is 9.84. The quantitative estimate of drug-likeness (QED) is 0.825. The van der Waals surface area contributed by atoms with Gasteiger partial charge in [0.1, 0.15) is 6.04 Å². The molecule has 0 aromatic heterocycles. The number of benzene rings is 1. The molecular formula is C13H17NO3. The van der Waals surface area contributed by atoms with E-state index >= 15 is 0 Å². The van der Waals surface area contributed by atoms with Crippen molar-refractivity contribution in [2.45, 2.75) is 31.9 Å². The van der Waals surface area contributed by atoms with Crippen LogP contribution in [0.1, 0.15) is 18.9 Å². The fourth-order valence-corrected chi connectivity index (χ4v) is 2.25. The number of carbonyl (C=O) groups is 1. The first-order chi connectivity index (χ1) is 8.13. The van der Waals surface area contributed by atoms with Crippen LogP contribution in [0.4, 0.5) is 5.69 Å². The van der Waals surface area contributed by atoms with Crippen LogP contribution in [0.2, 0.25) is 0 Å². The maximum atomic E-state index is 11.2. The predicted molar refractivity (Wildman–Crippen MR) is 65.2 cm³/mol. The van der Waals surface area contributed by atoms with Crippen LogP contribution in [0.25, 0.3) is 0 Å². The van der Waals surface area contributed by atoms with Crippen molar-refractivity contribution in [1.82, 2.24) is 0 Å². The van der Waals surface area contributed by atoms with Gasteiger partial charge in [-0.15, -0.1) is 0 Å². The lowest BCUT2D eigenvalue weighted by Gasteiger charge is -2.26. The maximum absolute atomic E-state index is 11.2. The van der Waals surface area contributed by atoms with Gasteiger partial charge in [0.05, 0.1) is 6.10 Å². The molecule has 4 heteroatoms. The third-order valence-corrected chi connectivity index (χ3v) is 3.25. The van der Waals surface area contributed by atoms with Crippen LogP contribution in [0.3, 0.4) is 0 Å². The van der Waals surface area contributed by atoms with Gasteiger partial charge in [-0.25, -0.2) is 4.79 Å². The van der Waals surface area contributed by atoms with Crippen molar-refractivity contribution in [2.75, 3.05) is 11.4 Å². The van der Waals surface area contributed by atoms with Crippen LogP contribution in [0.15, 0.2) is 24.3 Å². The zero-order valence-corrected chi connectivity index (χ0v) is 9.84. The highest BCUT2D eigenvalue weighted by molar-refractivity contribution is 5.82. The summed E-state index contributed by atoms with van der Waals surface area (Å²) in [5, 5.41) is 18.9. The molecule has 0 saturated carbocycles. The number of hydrogen-bond donors (Lipinski definition) is 2. The maximum Gasteiger partial charge on any atom is 0.326 e. The van der Waals surface area contributed by atoms with Crippen molar-refractivity contribution < 1.29 is 15.0 Å². The Labute approximate surface area is 100 Å². The number of nitrogens with zero attached hydrogens (tertiary/aromatic N) is 1. The number of aliphatic carboxylic acids is 1. The molecule has 2 atom stereocenters. The molecule has 0 amide bonds. The molecule has 2 rings (SSSR count). The van der Waals surface area contributed by atoms with E-state index in [1.807, 2.05) is 31.2 Å². The molecule has 0 spiro atoms. The number of aliphatic hydroxyl groups excluding tert-OH is 1. The molecule has 0 fully saturated rings. The number of β-amino-alcohol motifs (C(OH)–C–C–N with tert-alkyl or cyclic N) is 1. The van der Waals surface area contributed by atoms with Gasteiger partial charge < -0.3 is 15.1 Å². The molecule has 2 N–H and O–H groups in total. The Morgan fingerprint density at radius 1 is 1.53 bits per heavy atom. The van der Waals surface area contributed by atoms with Crippen LogP contribution in [-0.4, -0.2) is 34.9 Å². The van der Waals surface area contributed by atoms with Crippen LogP contribution >= 0.6 is 0 Å². The van der Waals surface area contributed by atoms with Gasteiger partial charge in [0.15, 0.2) is 0 Å². The number of rotatable bonds is 4. The smallest absolute Gasteiger partial charge is 0.326 e. The van der Waals surface area contributed by atoms with E-state index in [0.29, 0.717) is 19.4 Å². The first-order valence-corrected chi connectivity index (χ1v) is 5.89. The number of anilines is 1. The topological polar surface area (TPSA) is 60.8 Å². The van der Waals surface area contributed by atoms with E-state index in [9.17, 15) is 15.0 Å². The lowest BCUT2D eigenvalue weighted by atomic mass is 10.1. The number of fused-ring (bicyclic) bond motifs is 1. The van der Waals surface area contributed by atoms with Crippen molar-refractivity contribution in [3.05, 3.63) is 29.8 Å². The molecule has 1 aromatic carbocycles. The van der Waals surface area contributed by atoms with E-state index in [-0.39, 0.29) is 0 Å². The lowest BCUT2D eigenvalue weighted by molar-refractivity contribution is -0.138. The second-order valence-corrected chi connectivity index (χ2v) is 4.40. The molecule has 0 aliphatic carbocycles. The summed E-state index contributed by atoms with van der Waals surface area (Å²) in [6, 6.07) is 7.13. The molecular weight excluding hydrogens is 218 g/mol. The minimum atomic E-state index is -0.829. The Morgan fingerprint density at radius 2 is 2.24 bits per heavy atom. The monoisotopic (exact) mass is 235 g/mol. The Hall–Kier alpha value is -1.55. The molecule has 2 unspecified atom stereocenters. The normalized spacial score (nSPS) is 20.1. The first-order valence-electron chi connectivity index (χ1n) is 5.89. The minimum absolute atomic E-state index is 0.379. The third kappa shape index (κ3) is 2.26. The highest BCUT2D eigenvalue weighted by Crippen LogP contribution is 2.32.